The van der Waals surface area contributed by atoms with Gasteiger partial charge in [0, 0.05) is 54.8 Å². The number of benzene rings is 2. The second kappa shape index (κ2) is 9.50. The molecule has 9 heteroatoms. The van der Waals surface area contributed by atoms with Crippen molar-refractivity contribution in [3.05, 3.63) is 58.9 Å². The highest BCUT2D eigenvalue weighted by Gasteiger charge is 2.38. The van der Waals surface area contributed by atoms with Crippen LogP contribution in [0.2, 0.25) is 5.02 Å². The smallest absolute Gasteiger partial charge is 0.257 e. The Morgan fingerprint density at radius 2 is 1.69 bits per heavy atom. The van der Waals surface area contributed by atoms with Gasteiger partial charge in [0.2, 0.25) is 11.8 Å². The Morgan fingerprint density at radius 3 is 2.34 bits per heavy atom. The summed E-state index contributed by atoms with van der Waals surface area (Å²) < 4.78 is 14.0. The maximum absolute atomic E-state index is 14.0. The van der Waals surface area contributed by atoms with E-state index < -0.39 is 17.6 Å². The van der Waals surface area contributed by atoms with Gasteiger partial charge in [0.15, 0.2) is 0 Å². The number of anilines is 1. The fraction of sp³-hybridized carbons (Fsp3) is 0.348. The third-order valence-electron chi connectivity index (χ3n) is 5.90. The van der Waals surface area contributed by atoms with Crippen LogP contribution >= 0.6 is 23.4 Å². The first-order chi connectivity index (χ1) is 15.4. The van der Waals surface area contributed by atoms with Gasteiger partial charge in [-0.1, -0.05) is 11.6 Å². The van der Waals surface area contributed by atoms with E-state index in [9.17, 15) is 18.8 Å². The lowest BCUT2D eigenvalue weighted by molar-refractivity contribution is -0.137. The van der Waals surface area contributed by atoms with Gasteiger partial charge >= 0.3 is 0 Å². The zero-order valence-electron chi connectivity index (χ0n) is 17.6. The minimum atomic E-state index is -0.618. The van der Waals surface area contributed by atoms with E-state index in [0.717, 1.165) is 10.6 Å². The Hall–Kier alpha value is -2.58. The van der Waals surface area contributed by atoms with Gasteiger partial charge in [-0.15, -0.1) is 11.8 Å². The van der Waals surface area contributed by atoms with Crippen LogP contribution in [0.25, 0.3) is 0 Å². The second-order valence-electron chi connectivity index (χ2n) is 7.85. The van der Waals surface area contributed by atoms with E-state index in [-0.39, 0.29) is 23.8 Å². The lowest BCUT2D eigenvalue weighted by Gasteiger charge is -2.36. The van der Waals surface area contributed by atoms with Gasteiger partial charge in [0.05, 0.1) is 11.5 Å². The van der Waals surface area contributed by atoms with E-state index >= 15 is 0 Å². The number of carbonyl (C=O) groups excluding carboxylic acids is 3. The normalized spacial score (nSPS) is 18.9. The van der Waals surface area contributed by atoms with Crippen LogP contribution in [-0.2, 0) is 9.59 Å². The SMILES string of the molecule is CSc1ccc(N2CC(C(=O)N3CCN(C(=O)c4cc(Cl)ccc4F)CC3)CC2=O)cc1. The van der Waals surface area contributed by atoms with Crippen molar-refractivity contribution in [1.82, 2.24) is 9.80 Å². The van der Waals surface area contributed by atoms with Crippen molar-refractivity contribution < 1.29 is 18.8 Å². The molecule has 2 aromatic carbocycles. The lowest BCUT2D eigenvalue weighted by Crippen LogP contribution is -2.52. The quantitative estimate of drug-likeness (QED) is 0.635. The Balaban J connectivity index is 1.35. The fourth-order valence-electron chi connectivity index (χ4n) is 4.10. The molecule has 0 aliphatic carbocycles. The summed E-state index contributed by atoms with van der Waals surface area (Å²) in [5.41, 5.74) is 0.726. The lowest BCUT2D eigenvalue weighted by atomic mass is 10.1. The molecule has 0 radical (unpaired) electrons. The Kier molecular flexibility index (Phi) is 6.71. The molecule has 2 heterocycles. The average molecular weight is 476 g/mol. The number of hydrogen-bond donors (Lipinski definition) is 0. The van der Waals surface area contributed by atoms with Gasteiger partial charge in [0.1, 0.15) is 5.82 Å². The van der Waals surface area contributed by atoms with Gasteiger partial charge in [0.25, 0.3) is 5.91 Å². The molecule has 2 aliphatic rings. The van der Waals surface area contributed by atoms with E-state index in [1.165, 1.54) is 23.1 Å². The van der Waals surface area contributed by atoms with E-state index in [1.807, 2.05) is 30.5 Å². The number of carbonyl (C=O) groups is 3. The first-order valence-electron chi connectivity index (χ1n) is 10.3. The molecule has 0 bridgehead atoms. The minimum Gasteiger partial charge on any atom is -0.339 e. The third-order valence-corrected chi connectivity index (χ3v) is 6.87. The van der Waals surface area contributed by atoms with Crippen LogP contribution in [0.4, 0.5) is 10.1 Å². The van der Waals surface area contributed by atoms with E-state index in [0.29, 0.717) is 37.7 Å². The zero-order chi connectivity index (χ0) is 22.8. The number of amides is 3. The predicted molar refractivity (Wildman–Crippen MR) is 123 cm³/mol. The fourth-order valence-corrected chi connectivity index (χ4v) is 4.68. The third kappa shape index (κ3) is 4.61. The second-order valence-corrected chi connectivity index (χ2v) is 9.16. The molecule has 2 aromatic rings. The van der Waals surface area contributed by atoms with Crippen molar-refractivity contribution in [2.24, 2.45) is 5.92 Å². The highest BCUT2D eigenvalue weighted by atomic mass is 35.5. The number of nitrogens with zero attached hydrogens (tertiary/aromatic N) is 3. The van der Waals surface area contributed by atoms with Crippen LogP contribution in [0.15, 0.2) is 47.4 Å². The van der Waals surface area contributed by atoms with Crippen LogP contribution in [0.5, 0.6) is 0 Å². The molecule has 1 unspecified atom stereocenters. The molecule has 0 N–H and O–H groups in total. The predicted octanol–water partition coefficient (Wildman–Crippen LogP) is 3.54. The van der Waals surface area contributed by atoms with Crippen LogP contribution in [-0.4, -0.2) is 66.5 Å². The maximum atomic E-state index is 14.0. The van der Waals surface area contributed by atoms with Crippen LogP contribution in [0.1, 0.15) is 16.8 Å². The summed E-state index contributed by atoms with van der Waals surface area (Å²) in [6.45, 7) is 1.65. The van der Waals surface area contributed by atoms with Crippen molar-refractivity contribution in [3.8, 4) is 0 Å². The summed E-state index contributed by atoms with van der Waals surface area (Å²) in [5.74, 6) is -1.61. The highest BCUT2D eigenvalue weighted by Crippen LogP contribution is 2.28. The molecule has 2 saturated heterocycles. The molecule has 4 rings (SSSR count). The molecule has 32 heavy (non-hydrogen) atoms. The number of hydrogen-bond acceptors (Lipinski definition) is 4. The van der Waals surface area contributed by atoms with Gasteiger partial charge in [-0.25, -0.2) is 4.39 Å². The molecule has 6 nitrogen and oxygen atoms in total. The first-order valence-corrected chi connectivity index (χ1v) is 11.9. The summed E-state index contributed by atoms with van der Waals surface area (Å²) >= 11 is 7.52. The first kappa shape index (κ1) is 22.6. The Labute approximate surface area is 195 Å². The van der Waals surface area contributed by atoms with Crippen molar-refractivity contribution in [3.63, 3.8) is 0 Å². The molecule has 2 fully saturated rings. The Morgan fingerprint density at radius 1 is 1.03 bits per heavy atom. The summed E-state index contributed by atoms with van der Waals surface area (Å²) in [7, 11) is 0. The van der Waals surface area contributed by atoms with Crippen molar-refractivity contribution >= 4 is 46.8 Å². The number of halogens is 2. The van der Waals surface area contributed by atoms with E-state index in [4.69, 9.17) is 11.6 Å². The molecular weight excluding hydrogens is 453 g/mol. The monoisotopic (exact) mass is 475 g/mol. The number of thioether (sulfide) groups is 1. The van der Waals surface area contributed by atoms with Crippen LogP contribution < -0.4 is 4.90 Å². The van der Waals surface area contributed by atoms with Gasteiger partial charge in [-0.2, -0.15) is 0 Å². The molecule has 2 aliphatic heterocycles. The number of rotatable bonds is 4. The van der Waals surface area contributed by atoms with Crippen molar-refractivity contribution in [2.75, 3.05) is 43.9 Å². The van der Waals surface area contributed by atoms with Crippen LogP contribution in [0, 0.1) is 11.7 Å². The van der Waals surface area contributed by atoms with Crippen molar-refractivity contribution in [2.45, 2.75) is 11.3 Å². The molecule has 3 amide bonds. The largest absolute Gasteiger partial charge is 0.339 e. The van der Waals surface area contributed by atoms with Gasteiger partial charge < -0.3 is 14.7 Å². The molecule has 1 atom stereocenters. The zero-order valence-corrected chi connectivity index (χ0v) is 19.2. The molecule has 0 saturated carbocycles. The summed E-state index contributed by atoms with van der Waals surface area (Å²) in [6, 6.07) is 11.6. The van der Waals surface area contributed by atoms with E-state index in [2.05, 4.69) is 0 Å². The standard InChI is InChI=1S/C23H23ClFN3O3S/c1-32-18-5-3-17(4-6-18)28-14-15(12-21(28)29)22(30)26-8-10-27(11-9-26)23(31)19-13-16(24)2-7-20(19)25/h2-7,13,15H,8-12,14H2,1H3. The molecule has 0 aromatic heterocycles. The van der Waals surface area contributed by atoms with E-state index in [1.54, 1.807) is 21.6 Å². The minimum absolute atomic E-state index is 0.0644. The highest BCUT2D eigenvalue weighted by molar-refractivity contribution is 7.98. The Bertz CT molecular complexity index is 1040. The maximum Gasteiger partial charge on any atom is 0.257 e. The van der Waals surface area contributed by atoms with Crippen LogP contribution in [0.3, 0.4) is 0 Å². The molecule has 168 valence electrons. The average Bonchev–Trinajstić information content (AvgIpc) is 3.21. The number of piperazine rings is 1. The topological polar surface area (TPSA) is 60.9 Å². The summed E-state index contributed by atoms with van der Waals surface area (Å²) in [5, 5.41) is 0.294. The summed E-state index contributed by atoms with van der Waals surface area (Å²) in [6.07, 6.45) is 2.17. The van der Waals surface area contributed by atoms with Gasteiger partial charge in [-0.05, 0) is 48.7 Å². The van der Waals surface area contributed by atoms with Gasteiger partial charge in [-0.3, -0.25) is 14.4 Å². The molecule has 0 spiro atoms. The summed E-state index contributed by atoms with van der Waals surface area (Å²) in [4.78, 5) is 44.2. The van der Waals surface area contributed by atoms with Crippen molar-refractivity contribution in [1.29, 1.82) is 0 Å². The molecular formula is C23H23ClFN3O3S.